The van der Waals surface area contributed by atoms with Crippen molar-refractivity contribution in [2.45, 2.75) is 25.0 Å². The largest absolute Gasteiger partial charge is 0.497 e. The summed E-state index contributed by atoms with van der Waals surface area (Å²) in [6.07, 6.45) is 0. The summed E-state index contributed by atoms with van der Waals surface area (Å²) in [5.41, 5.74) is 8.76. The van der Waals surface area contributed by atoms with Crippen molar-refractivity contribution >= 4 is 17.6 Å². The van der Waals surface area contributed by atoms with E-state index in [1.54, 1.807) is 61.4 Å². The lowest BCUT2D eigenvalue weighted by Gasteiger charge is -2.31. The molecule has 8 heteroatoms. The Balaban J connectivity index is 1.56. The number of hydrogen-bond donors (Lipinski definition) is 2. The number of carbonyl (C=O) groups is 2. The molecule has 2 N–H and O–H groups in total. The average molecular weight is 476 g/mol. The van der Waals surface area contributed by atoms with Crippen molar-refractivity contribution < 1.29 is 23.5 Å². The number of ether oxygens (including phenoxy) is 2. The molecule has 0 saturated carbocycles. The van der Waals surface area contributed by atoms with E-state index in [1.807, 2.05) is 24.3 Å². The number of halogens is 1. The summed E-state index contributed by atoms with van der Waals surface area (Å²) in [6, 6.07) is 19.4. The number of hydrogen-bond acceptors (Lipinski definition) is 6. The normalized spacial score (nSPS) is 23.3. The molecule has 0 spiro atoms. The van der Waals surface area contributed by atoms with Crippen LogP contribution in [0.4, 0.5) is 10.1 Å². The Labute approximate surface area is 202 Å². The maximum Gasteiger partial charge on any atom is 0.338 e. The third kappa shape index (κ3) is 4.05. The molecule has 0 radical (unpaired) electrons. The Morgan fingerprint density at radius 2 is 1.66 bits per heavy atom. The zero-order valence-corrected chi connectivity index (χ0v) is 19.4. The van der Waals surface area contributed by atoms with Crippen molar-refractivity contribution in [3.8, 4) is 5.75 Å². The number of hydrazine groups is 1. The molecule has 2 aliphatic rings. The molecular weight excluding hydrogens is 449 g/mol. The van der Waals surface area contributed by atoms with E-state index in [4.69, 9.17) is 9.47 Å². The fourth-order valence-electron chi connectivity index (χ4n) is 5.05. The summed E-state index contributed by atoms with van der Waals surface area (Å²) in [4.78, 5) is 27.4. The van der Waals surface area contributed by atoms with E-state index in [1.165, 1.54) is 6.07 Å². The highest BCUT2D eigenvalue weighted by molar-refractivity contribution is 6.02. The smallest absolute Gasteiger partial charge is 0.338 e. The molecule has 0 aliphatic carbocycles. The van der Waals surface area contributed by atoms with Gasteiger partial charge in [0.25, 0.3) is 0 Å². The van der Waals surface area contributed by atoms with Crippen molar-refractivity contribution in [1.29, 1.82) is 0 Å². The Morgan fingerprint density at radius 3 is 2.31 bits per heavy atom. The van der Waals surface area contributed by atoms with Crippen LogP contribution in [-0.2, 0) is 9.53 Å². The molecule has 3 aromatic rings. The number of anilines is 1. The first-order valence-electron chi connectivity index (χ1n) is 11.5. The summed E-state index contributed by atoms with van der Waals surface area (Å²) in [5, 5.41) is 0. The molecule has 2 fully saturated rings. The van der Waals surface area contributed by atoms with Gasteiger partial charge in [-0.3, -0.25) is 4.79 Å². The molecule has 5 rings (SSSR count). The van der Waals surface area contributed by atoms with Gasteiger partial charge in [0, 0.05) is 17.2 Å². The average Bonchev–Trinajstić information content (AvgIpc) is 3.44. The number of fused-ring (bicyclic) bond motifs is 1. The van der Waals surface area contributed by atoms with Crippen LogP contribution in [0.3, 0.4) is 0 Å². The number of esters is 1. The topological polar surface area (TPSA) is 79.9 Å². The quantitative estimate of drug-likeness (QED) is 0.526. The summed E-state index contributed by atoms with van der Waals surface area (Å²) in [6.45, 7) is 2.02. The Kier molecular flexibility index (Phi) is 6.23. The Bertz CT molecular complexity index is 1230. The van der Waals surface area contributed by atoms with Crippen LogP contribution in [0.5, 0.6) is 5.75 Å². The zero-order chi connectivity index (χ0) is 24.5. The van der Waals surface area contributed by atoms with Crippen molar-refractivity contribution in [2.24, 2.45) is 5.92 Å². The summed E-state index contributed by atoms with van der Waals surface area (Å²) < 4.78 is 25.5. The number of amides is 1. The van der Waals surface area contributed by atoms with Crippen LogP contribution < -0.4 is 20.5 Å². The van der Waals surface area contributed by atoms with E-state index in [-0.39, 0.29) is 30.3 Å². The summed E-state index contributed by atoms with van der Waals surface area (Å²) in [5.74, 6) is -0.542. The number of nitrogens with zero attached hydrogens (tertiary/aromatic N) is 1. The van der Waals surface area contributed by atoms with Gasteiger partial charge in [-0.25, -0.2) is 20.0 Å². The van der Waals surface area contributed by atoms with E-state index < -0.39 is 18.1 Å². The minimum atomic E-state index is -0.572. The number of nitrogens with one attached hydrogen (secondary N) is 2. The molecule has 4 atom stereocenters. The van der Waals surface area contributed by atoms with Gasteiger partial charge in [0.1, 0.15) is 17.6 Å². The first kappa shape index (κ1) is 23.0. The molecule has 0 bridgehead atoms. The van der Waals surface area contributed by atoms with Crippen molar-refractivity contribution in [3.05, 3.63) is 95.3 Å². The van der Waals surface area contributed by atoms with Gasteiger partial charge >= 0.3 is 5.97 Å². The van der Waals surface area contributed by atoms with Gasteiger partial charge in [0.05, 0.1) is 31.4 Å². The van der Waals surface area contributed by atoms with Gasteiger partial charge in [-0.05, 0) is 55.0 Å². The molecule has 3 aromatic carbocycles. The Morgan fingerprint density at radius 1 is 0.971 bits per heavy atom. The van der Waals surface area contributed by atoms with Crippen LogP contribution in [0.25, 0.3) is 0 Å². The van der Waals surface area contributed by atoms with Gasteiger partial charge in [-0.15, -0.1) is 0 Å². The van der Waals surface area contributed by atoms with Crippen LogP contribution in [-0.4, -0.2) is 31.6 Å². The SMILES string of the molecule is CCOC(=O)c1ccc(N2C(=O)C3NNC(c4ccc(OC)cc4)C3C2c2ccccc2F)cc1. The van der Waals surface area contributed by atoms with E-state index >= 15 is 4.39 Å². The van der Waals surface area contributed by atoms with Crippen molar-refractivity contribution in [1.82, 2.24) is 10.9 Å². The minimum absolute atomic E-state index is 0.171. The highest BCUT2D eigenvalue weighted by atomic mass is 19.1. The lowest BCUT2D eigenvalue weighted by Crippen LogP contribution is -2.41. The molecule has 1 amide bonds. The van der Waals surface area contributed by atoms with Gasteiger partial charge < -0.3 is 14.4 Å². The minimum Gasteiger partial charge on any atom is -0.497 e. The monoisotopic (exact) mass is 475 g/mol. The molecule has 4 unspecified atom stereocenters. The van der Waals surface area contributed by atoms with Gasteiger partial charge in [0.2, 0.25) is 5.91 Å². The lowest BCUT2D eigenvalue weighted by molar-refractivity contribution is -0.119. The molecule has 2 heterocycles. The van der Waals surface area contributed by atoms with Gasteiger partial charge in [-0.2, -0.15) is 0 Å². The summed E-state index contributed by atoms with van der Waals surface area (Å²) >= 11 is 0. The standard InChI is InChI=1S/C27H26FN3O4/c1-3-35-27(33)17-8-12-18(13-9-17)31-25(20-6-4-5-7-21(20)28)22-23(29-30-24(22)26(31)32)16-10-14-19(34-2)15-11-16/h4-15,22-25,29-30H,3H2,1-2H3. The molecule has 7 nitrogen and oxygen atoms in total. The van der Waals surface area contributed by atoms with Gasteiger partial charge in [-0.1, -0.05) is 30.3 Å². The molecular formula is C27H26FN3O4. The van der Waals surface area contributed by atoms with Crippen LogP contribution >= 0.6 is 0 Å². The lowest BCUT2D eigenvalue weighted by atomic mass is 9.83. The highest BCUT2D eigenvalue weighted by Crippen LogP contribution is 2.49. The van der Waals surface area contributed by atoms with Crippen LogP contribution in [0, 0.1) is 11.7 Å². The van der Waals surface area contributed by atoms with E-state index in [0.29, 0.717) is 16.8 Å². The maximum absolute atomic E-state index is 15.1. The number of methoxy groups -OCH3 is 1. The third-order valence-corrected chi connectivity index (χ3v) is 6.67. The number of carbonyl (C=O) groups excluding carboxylic acids is 2. The molecule has 0 aromatic heterocycles. The van der Waals surface area contributed by atoms with E-state index in [9.17, 15) is 9.59 Å². The van der Waals surface area contributed by atoms with Gasteiger partial charge in [0.15, 0.2) is 0 Å². The molecule has 180 valence electrons. The van der Waals surface area contributed by atoms with E-state index in [0.717, 1.165) is 11.3 Å². The first-order chi connectivity index (χ1) is 17.0. The highest BCUT2D eigenvalue weighted by Gasteiger charge is 2.56. The fourth-order valence-corrected chi connectivity index (χ4v) is 5.05. The second-order valence-corrected chi connectivity index (χ2v) is 8.54. The van der Waals surface area contributed by atoms with Crippen LogP contribution in [0.2, 0.25) is 0 Å². The zero-order valence-electron chi connectivity index (χ0n) is 19.4. The molecule has 35 heavy (non-hydrogen) atoms. The third-order valence-electron chi connectivity index (χ3n) is 6.67. The molecule has 2 aliphatic heterocycles. The van der Waals surface area contributed by atoms with Crippen LogP contribution in [0.1, 0.15) is 40.5 Å². The summed E-state index contributed by atoms with van der Waals surface area (Å²) in [7, 11) is 1.61. The van der Waals surface area contributed by atoms with Crippen LogP contribution in [0.15, 0.2) is 72.8 Å². The number of benzene rings is 3. The number of rotatable bonds is 6. The van der Waals surface area contributed by atoms with Crippen molar-refractivity contribution in [3.63, 3.8) is 0 Å². The molecule has 2 saturated heterocycles. The Hall–Kier alpha value is -3.75. The maximum atomic E-state index is 15.1. The second-order valence-electron chi connectivity index (χ2n) is 8.54. The van der Waals surface area contributed by atoms with Crippen molar-refractivity contribution in [2.75, 3.05) is 18.6 Å². The van der Waals surface area contributed by atoms with E-state index in [2.05, 4.69) is 10.9 Å². The predicted molar refractivity (Wildman–Crippen MR) is 128 cm³/mol. The first-order valence-corrected chi connectivity index (χ1v) is 11.5. The predicted octanol–water partition coefficient (Wildman–Crippen LogP) is 3.93. The second kappa shape index (κ2) is 9.48. The fraction of sp³-hybridized carbons (Fsp3) is 0.259.